The SMILES string of the molecule is Cc1cc(C(N)=O)c(F)cc1Nc1ncc2c(n1)n(C1CCNCC1C)c(=O)n2C. The van der Waals surface area contributed by atoms with Gasteiger partial charge in [-0.05, 0) is 50.0 Å². The topological polar surface area (TPSA) is 120 Å². The summed E-state index contributed by atoms with van der Waals surface area (Å²) in [5, 5.41) is 6.33. The summed E-state index contributed by atoms with van der Waals surface area (Å²) >= 11 is 0. The van der Waals surface area contributed by atoms with Crippen LogP contribution in [-0.4, -0.2) is 38.1 Å². The smallest absolute Gasteiger partial charge is 0.330 e. The quantitative estimate of drug-likeness (QED) is 0.598. The van der Waals surface area contributed by atoms with Crippen LogP contribution in [0.1, 0.15) is 35.3 Å². The molecule has 3 heterocycles. The van der Waals surface area contributed by atoms with Crippen molar-refractivity contribution in [3.63, 3.8) is 0 Å². The fraction of sp³-hybridized carbons (Fsp3) is 0.400. The van der Waals surface area contributed by atoms with E-state index in [9.17, 15) is 14.0 Å². The fourth-order valence-corrected chi connectivity index (χ4v) is 4.00. The van der Waals surface area contributed by atoms with Crippen molar-refractivity contribution in [3.05, 3.63) is 45.8 Å². The Labute approximate surface area is 172 Å². The lowest BCUT2D eigenvalue weighted by molar-refractivity contribution is 0.0996. The van der Waals surface area contributed by atoms with Crippen LogP contribution in [0.4, 0.5) is 16.0 Å². The van der Waals surface area contributed by atoms with E-state index in [2.05, 4.69) is 27.5 Å². The molecular weight excluding hydrogens is 389 g/mol. The van der Waals surface area contributed by atoms with E-state index in [-0.39, 0.29) is 29.2 Å². The maximum absolute atomic E-state index is 14.2. The summed E-state index contributed by atoms with van der Waals surface area (Å²) in [6.45, 7) is 5.49. The van der Waals surface area contributed by atoms with Crippen molar-refractivity contribution in [2.75, 3.05) is 18.4 Å². The molecule has 0 aliphatic carbocycles. The molecule has 0 bridgehead atoms. The lowest BCUT2D eigenvalue weighted by Crippen LogP contribution is -2.40. The number of anilines is 2. The van der Waals surface area contributed by atoms with Gasteiger partial charge in [-0.2, -0.15) is 4.98 Å². The standard InChI is InChI=1S/C20H24FN7O2/c1-10-6-12(17(22)29)13(21)7-14(10)25-19-24-9-16-18(26-19)28(20(30)27(16)3)15-4-5-23-8-11(15)2/h6-7,9,11,15,23H,4-5,8H2,1-3H3,(H2,22,29)(H,24,25,26). The number of hydrogen-bond donors (Lipinski definition) is 3. The van der Waals surface area contributed by atoms with Crippen molar-refractivity contribution in [2.24, 2.45) is 18.7 Å². The van der Waals surface area contributed by atoms with Crippen LogP contribution in [0, 0.1) is 18.7 Å². The number of amides is 1. The van der Waals surface area contributed by atoms with Gasteiger partial charge in [0.2, 0.25) is 5.95 Å². The number of benzene rings is 1. The molecule has 0 spiro atoms. The zero-order chi connectivity index (χ0) is 21.6. The molecule has 1 aromatic carbocycles. The van der Waals surface area contributed by atoms with Crippen LogP contribution in [0.3, 0.4) is 0 Å². The fourth-order valence-electron chi connectivity index (χ4n) is 4.00. The molecule has 3 aromatic rings. The number of piperidine rings is 1. The van der Waals surface area contributed by atoms with Gasteiger partial charge in [0.15, 0.2) is 5.65 Å². The summed E-state index contributed by atoms with van der Waals surface area (Å²) in [5.41, 5.74) is 7.08. The van der Waals surface area contributed by atoms with E-state index in [0.717, 1.165) is 19.5 Å². The number of primary amides is 1. The van der Waals surface area contributed by atoms with Crippen molar-refractivity contribution in [1.29, 1.82) is 0 Å². The average molecular weight is 413 g/mol. The van der Waals surface area contributed by atoms with Gasteiger partial charge in [0, 0.05) is 18.8 Å². The highest BCUT2D eigenvalue weighted by Gasteiger charge is 2.28. The van der Waals surface area contributed by atoms with Crippen LogP contribution in [0.25, 0.3) is 11.2 Å². The Morgan fingerprint density at radius 1 is 1.40 bits per heavy atom. The molecule has 1 aliphatic rings. The molecule has 1 aliphatic heterocycles. The first kappa shape index (κ1) is 20.0. The molecule has 4 rings (SSSR count). The first-order valence-electron chi connectivity index (χ1n) is 9.79. The Balaban J connectivity index is 1.77. The Morgan fingerprint density at radius 3 is 2.87 bits per heavy atom. The van der Waals surface area contributed by atoms with Crippen LogP contribution < -0.4 is 22.1 Å². The second-order valence-electron chi connectivity index (χ2n) is 7.79. The van der Waals surface area contributed by atoms with E-state index < -0.39 is 11.7 Å². The van der Waals surface area contributed by atoms with E-state index in [1.54, 1.807) is 29.3 Å². The minimum absolute atomic E-state index is 0.0271. The second-order valence-corrected chi connectivity index (χ2v) is 7.79. The highest BCUT2D eigenvalue weighted by Crippen LogP contribution is 2.27. The van der Waals surface area contributed by atoms with Crippen LogP contribution in [0.2, 0.25) is 0 Å². The Hall–Kier alpha value is -3.27. The molecule has 1 fully saturated rings. The van der Waals surface area contributed by atoms with Gasteiger partial charge in [-0.15, -0.1) is 0 Å². The summed E-state index contributed by atoms with van der Waals surface area (Å²) in [4.78, 5) is 33.1. The van der Waals surface area contributed by atoms with Crippen molar-refractivity contribution in [3.8, 4) is 0 Å². The van der Waals surface area contributed by atoms with Gasteiger partial charge < -0.3 is 16.4 Å². The predicted octanol–water partition coefficient (Wildman–Crippen LogP) is 1.59. The molecule has 4 N–H and O–H groups in total. The van der Waals surface area contributed by atoms with Gasteiger partial charge in [0.25, 0.3) is 5.91 Å². The maximum atomic E-state index is 14.2. The summed E-state index contributed by atoms with van der Waals surface area (Å²) in [5.74, 6) is -1.05. The number of halogens is 1. The van der Waals surface area contributed by atoms with Gasteiger partial charge in [0.1, 0.15) is 11.3 Å². The minimum atomic E-state index is -0.829. The maximum Gasteiger partial charge on any atom is 0.330 e. The first-order valence-corrected chi connectivity index (χ1v) is 9.79. The number of carbonyl (C=O) groups is 1. The molecule has 9 nitrogen and oxygen atoms in total. The van der Waals surface area contributed by atoms with Gasteiger partial charge in [-0.25, -0.2) is 14.2 Å². The molecule has 0 saturated carbocycles. The van der Waals surface area contributed by atoms with Gasteiger partial charge in [-0.3, -0.25) is 13.9 Å². The number of aromatic nitrogens is 4. The lowest BCUT2D eigenvalue weighted by Gasteiger charge is -2.30. The van der Waals surface area contributed by atoms with E-state index in [1.165, 1.54) is 12.1 Å². The van der Waals surface area contributed by atoms with Crippen LogP contribution >= 0.6 is 0 Å². The number of nitrogens with one attached hydrogen (secondary N) is 2. The molecule has 0 radical (unpaired) electrons. The van der Waals surface area contributed by atoms with Crippen molar-refractivity contribution >= 4 is 28.7 Å². The van der Waals surface area contributed by atoms with Gasteiger partial charge in [0.05, 0.1) is 11.8 Å². The number of imidazole rings is 1. The molecule has 158 valence electrons. The first-order chi connectivity index (χ1) is 14.3. The molecule has 1 amide bonds. The van der Waals surface area contributed by atoms with Crippen LogP contribution in [0.15, 0.2) is 23.1 Å². The molecule has 2 unspecified atom stereocenters. The number of nitrogens with zero attached hydrogens (tertiary/aromatic N) is 4. The van der Waals surface area contributed by atoms with Crippen molar-refractivity contribution in [1.82, 2.24) is 24.4 Å². The monoisotopic (exact) mass is 413 g/mol. The number of fused-ring (bicyclic) bond motifs is 1. The number of rotatable bonds is 4. The molecule has 2 aromatic heterocycles. The van der Waals surface area contributed by atoms with E-state index >= 15 is 0 Å². The minimum Gasteiger partial charge on any atom is -0.366 e. The Kier molecular flexibility index (Phi) is 5.02. The molecule has 10 heteroatoms. The molecular formula is C20H24FN7O2. The normalized spacial score (nSPS) is 19.2. The largest absolute Gasteiger partial charge is 0.366 e. The Morgan fingerprint density at radius 2 is 2.17 bits per heavy atom. The van der Waals surface area contributed by atoms with Crippen LogP contribution in [0.5, 0.6) is 0 Å². The summed E-state index contributed by atoms with van der Waals surface area (Å²) < 4.78 is 17.5. The second kappa shape index (κ2) is 7.52. The third-order valence-electron chi connectivity index (χ3n) is 5.73. The number of nitrogens with two attached hydrogens (primary N) is 1. The molecule has 2 atom stereocenters. The summed E-state index contributed by atoms with van der Waals surface area (Å²) in [6, 6.07) is 2.60. The Bertz CT molecular complexity index is 1200. The highest BCUT2D eigenvalue weighted by molar-refractivity contribution is 5.94. The van der Waals surface area contributed by atoms with Crippen LogP contribution in [-0.2, 0) is 7.05 Å². The molecule has 1 saturated heterocycles. The van der Waals surface area contributed by atoms with E-state index in [4.69, 9.17) is 5.73 Å². The number of hydrogen-bond acceptors (Lipinski definition) is 6. The van der Waals surface area contributed by atoms with E-state index in [0.29, 0.717) is 22.4 Å². The predicted molar refractivity (Wildman–Crippen MR) is 111 cm³/mol. The lowest BCUT2D eigenvalue weighted by atomic mass is 9.95. The van der Waals surface area contributed by atoms with E-state index in [1.807, 2.05) is 0 Å². The summed E-state index contributed by atoms with van der Waals surface area (Å²) in [6.07, 6.45) is 2.41. The third kappa shape index (κ3) is 3.32. The third-order valence-corrected chi connectivity index (χ3v) is 5.73. The molecule has 30 heavy (non-hydrogen) atoms. The van der Waals surface area contributed by atoms with Gasteiger partial charge >= 0.3 is 5.69 Å². The zero-order valence-electron chi connectivity index (χ0n) is 17.1. The van der Waals surface area contributed by atoms with Crippen molar-refractivity contribution < 1.29 is 9.18 Å². The number of carbonyl (C=O) groups excluding carboxylic acids is 1. The summed E-state index contributed by atoms with van der Waals surface area (Å²) in [7, 11) is 1.70. The average Bonchev–Trinajstić information content (AvgIpc) is 2.95. The van der Waals surface area contributed by atoms with Crippen molar-refractivity contribution in [2.45, 2.75) is 26.3 Å². The number of aryl methyl sites for hydroxylation is 2. The zero-order valence-corrected chi connectivity index (χ0v) is 17.1. The highest BCUT2D eigenvalue weighted by atomic mass is 19.1. The van der Waals surface area contributed by atoms with Gasteiger partial charge in [-0.1, -0.05) is 6.92 Å².